The van der Waals surface area contributed by atoms with Crippen LogP contribution in [0.25, 0.3) is 16.9 Å². The first-order valence-electron chi connectivity index (χ1n) is 9.86. The van der Waals surface area contributed by atoms with E-state index < -0.39 is 0 Å². The second kappa shape index (κ2) is 7.61. The van der Waals surface area contributed by atoms with Gasteiger partial charge in [-0.2, -0.15) is 0 Å². The molecule has 0 aliphatic carbocycles. The number of aromatic nitrogens is 2. The molecule has 1 aliphatic heterocycles. The summed E-state index contributed by atoms with van der Waals surface area (Å²) < 4.78 is 8.03. The zero-order valence-electron chi connectivity index (χ0n) is 16.2. The van der Waals surface area contributed by atoms with Crippen LogP contribution in [-0.2, 0) is 6.54 Å². The Bertz CT molecular complexity index is 933. The number of likely N-dealkylation sites (tertiary alicyclic amines) is 1. The minimum Gasteiger partial charge on any atom is -0.493 e. The highest BCUT2D eigenvalue weighted by Gasteiger charge is 2.22. The Morgan fingerprint density at radius 1 is 1.22 bits per heavy atom. The summed E-state index contributed by atoms with van der Waals surface area (Å²) in [7, 11) is 0. The number of piperidine rings is 1. The van der Waals surface area contributed by atoms with E-state index in [1.165, 1.54) is 18.5 Å². The molecule has 5 heteroatoms. The molecule has 1 aliphatic rings. The smallest absolute Gasteiger partial charge is 0.137 e. The highest BCUT2D eigenvalue weighted by molar-refractivity contribution is 5.72. The van der Waals surface area contributed by atoms with Crippen LogP contribution in [0, 0.1) is 5.92 Å². The summed E-state index contributed by atoms with van der Waals surface area (Å²) >= 11 is 0. The molecule has 0 spiro atoms. The van der Waals surface area contributed by atoms with Crippen LogP contribution < -0.4 is 10.5 Å². The zero-order chi connectivity index (χ0) is 18.8. The largest absolute Gasteiger partial charge is 0.493 e. The summed E-state index contributed by atoms with van der Waals surface area (Å²) in [6, 6.07) is 12.1. The van der Waals surface area contributed by atoms with Gasteiger partial charge in [-0.3, -0.25) is 4.90 Å². The minimum absolute atomic E-state index is 0.635. The average molecular weight is 364 g/mol. The first-order valence-corrected chi connectivity index (χ1v) is 9.86. The average Bonchev–Trinajstić information content (AvgIpc) is 3.00. The molecule has 1 atom stereocenters. The van der Waals surface area contributed by atoms with Crippen LogP contribution in [0.1, 0.15) is 32.4 Å². The van der Waals surface area contributed by atoms with Gasteiger partial charge in [0.1, 0.15) is 11.4 Å². The summed E-state index contributed by atoms with van der Waals surface area (Å²) in [6.07, 6.45) is 4.55. The van der Waals surface area contributed by atoms with Crippen LogP contribution in [-0.4, -0.2) is 34.0 Å². The van der Waals surface area contributed by atoms with Crippen molar-refractivity contribution in [1.82, 2.24) is 14.3 Å². The lowest BCUT2D eigenvalue weighted by Gasteiger charge is -2.30. The Kier molecular flexibility index (Phi) is 5.03. The van der Waals surface area contributed by atoms with Gasteiger partial charge in [0.2, 0.25) is 0 Å². The lowest BCUT2D eigenvalue weighted by atomic mass is 10.00. The fraction of sp³-hybridized carbons (Fsp3) is 0.409. The highest BCUT2D eigenvalue weighted by atomic mass is 16.5. The molecule has 1 unspecified atom stereocenters. The van der Waals surface area contributed by atoms with Crippen molar-refractivity contribution in [1.29, 1.82) is 0 Å². The first-order chi connectivity index (χ1) is 13.2. The number of nitrogens with zero attached hydrogens (tertiary/aromatic N) is 3. The summed E-state index contributed by atoms with van der Waals surface area (Å²) in [5, 5.41) is 0. The molecule has 0 saturated carbocycles. The Balaban J connectivity index is 1.82. The van der Waals surface area contributed by atoms with Crippen molar-refractivity contribution in [2.75, 3.05) is 25.4 Å². The van der Waals surface area contributed by atoms with Crippen LogP contribution in [0.2, 0.25) is 0 Å². The number of nitrogens with two attached hydrogens (primary N) is 1. The van der Waals surface area contributed by atoms with Gasteiger partial charge in [-0.25, -0.2) is 4.98 Å². The molecule has 0 bridgehead atoms. The quantitative estimate of drug-likeness (QED) is 0.737. The fourth-order valence-electron chi connectivity index (χ4n) is 4.06. The van der Waals surface area contributed by atoms with Crippen molar-refractivity contribution in [3.05, 3.63) is 48.3 Å². The third-order valence-electron chi connectivity index (χ3n) is 5.30. The van der Waals surface area contributed by atoms with Crippen molar-refractivity contribution in [2.24, 2.45) is 5.92 Å². The molecule has 27 heavy (non-hydrogen) atoms. The van der Waals surface area contributed by atoms with E-state index in [2.05, 4.69) is 22.3 Å². The van der Waals surface area contributed by atoms with Gasteiger partial charge in [0.25, 0.3) is 0 Å². The van der Waals surface area contributed by atoms with Crippen molar-refractivity contribution in [2.45, 2.75) is 33.2 Å². The second-order valence-electron chi connectivity index (χ2n) is 7.51. The van der Waals surface area contributed by atoms with Gasteiger partial charge in [0.15, 0.2) is 0 Å². The highest BCUT2D eigenvalue weighted by Crippen LogP contribution is 2.34. The van der Waals surface area contributed by atoms with Gasteiger partial charge >= 0.3 is 0 Å². The van der Waals surface area contributed by atoms with E-state index in [0.29, 0.717) is 6.61 Å². The molecule has 0 amide bonds. The molecule has 1 saturated heterocycles. The van der Waals surface area contributed by atoms with Gasteiger partial charge in [0, 0.05) is 30.5 Å². The maximum atomic E-state index is 6.09. The van der Waals surface area contributed by atoms with E-state index in [4.69, 9.17) is 15.5 Å². The van der Waals surface area contributed by atoms with E-state index >= 15 is 0 Å². The molecular weight excluding hydrogens is 336 g/mol. The molecule has 2 aromatic heterocycles. The topological polar surface area (TPSA) is 55.8 Å². The van der Waals surface area contributed by atoms with Crippen molar-refractivity contribution in [3.8, 4) is 17.0 Å². The lowest BCUT2D eigenvalue weighted by molar-refractivity contribution is 0.174. The zero-order valence-corrected chi connectivity index (χ0v) is 16.2. The molecule has 142 valence electrons. The normalized spacial score (nSPS) is 18.1. The Morgan fingerprint density at radius 2 is 2.07 bits per heavy atom. The van der Waals surface area contributed by atoms with Crippen LogP contribution in [0.5, 0.6) is 5.75 Å². The number of rotatable bonds is 5. The van der Waals surface area contributed by atoms with Gasteiger partial charge in [0.05, 0.1) is 18.0 Å². The molecule has 5 nitrogen and oxygen atoms in total. The van der Waals surface area contributed by atoms with E-state index in [1.807, 2.05) is 43.5 Å². The molecule has 3 aromatic rings. The van der Waals surface area contributed by atoms with Gasteiger partial charge in [-0.15, -0.1) is 0 Å². The summed E-state index contributed by atoms with van der Waals surface area (Å²) in [5.41, 5.74) is 11.0. The number of benzene rings is 1. The van der Waals surface area contributed by atoms with Gasteiger partial charge < -0.3 is 14.9 Å². The monoisotopic (exact) mass is 364 g/mol. The number of hydrogen-bond acceptors (Lipinski definition) is 4. The maximum Gasteiger partial charge on any atom is 0.137 e. The fourth-order valence-corrected chi connectivity index (χ4v) is 4.06. The number of imidazole rings is 1. The Hall–Kier alpha value is -2.53. The molecule has 1 aromatic carbocycles. The molecule has 2 N–H and O–H groups in total. The number of ether oxygens (including phenoxy) is 1. The van der Waals surface area contributed by atoms with Crippen molar-refractivity contribution >= 4 is 11.3 Å². The van der Waals surface area contributed by atoms with Crippen LogP contribution in [0.4, 0.5) is 5.69 Å². The molecule has 4 rings (SSSR count). The lowest BCUT2D eigenvalue weighted by Crippen LogP contribution is -2.34. The molecule has 0 radical (unpaired) electrons. The third-order valence-corrected chi connectivity index (χ3v) is 5.30. The first kappa shape index (κ1) is 17.9. The van der Waals surface area contributed by atoms with E-state index in [1.54, 1.807) is 0 Å². The molecule has 1 fully saturated rings. The third kappa shape index (κ3) is 3.65. The second-order valence-corrected chi connectivity index (χ2v) is 7.51. The summed E-state index contributed by atoms with van der Waals surface area (Å²) in [5.74, 6) is 1.62. The minimum atomic E-state index is 0.635. The number of anilines is 1. The van der Waals surface area contributed by atoms with E-state index in [0.717, 1.165) is 53.9 Å². The van der Waals surface area contributed by atoms with Crippen LogP contribution in [0.15, 0.2) is 42.6 Å². The van der Waals surface area contributed by atoms with Crippen molar-refractivity contribution in [3.63, 3.8) is 0 Å². The molecule has 3 heterocycles. The SMILES string of the molecule is CCOc1ccccc1-c1nc2ccc(N)cn2c1CN1CCCC(C)C1. The van der Waals surface area contributed by atoms with Crippen LogP contribution in [0.3, 0.4) is 0 Å². The standard InChI is InChI=1S/C22H28N4O/c1-3-27-20-9-5-4-8-18(20)22-19(15-25-12-6-7-16(2)13-25)26-14-17(23)10-11-21(26)24-22/h4-5,8-11,14,16H,3,6-7,12-13,15,23H2,1-2H3. The summed E-state index contributed by atoms with van der Waals surface area (Å²) in [6.45, 7) is 8.11. The number of para-hydroxylation sites is 1. The number of fused-ring (bicyclic) bond motifs is 1. The van der Waals surface area contributed by atoms with Crippen molar-refractivity contribution < 1.29 is 4.74 Å². The van der Waals surface area contributed by atoms with Gasteiger partial charge in [-0.1, -0.05) is 19.1 Å². The summed E-state index contributed by atoms with van der Waals surface area (Å²) in [4.78, 5) is 7.49. The predicted octanol–water partition coefficient (Wildman–Crippen LogP) is 4.21. The Labute approximate surface area is 160 Å². The maximum absolute atomic E-state index is 6.09. The predicted molar refractivity (Wildman–Crippen MR) is 110 cm³/mol. The van der Waals surface area contributed by atoms with E-state index in [9.17, 15) is 0 Å². The molecular formula is C22H28N4O. The Morgan fingerprint density at radius 3 is 2.89 bits per heavy atom. The number of nitrogen functional groups attached to an aromatic ring is 1. The number of pyridine rings is 1. The van der Waals surface area contributed by atoms with E-state index in [-0.39, 0.29) is 0 Å². The number of hydrogen-bond donors (Lipinski definition) is 1. The van der Waals surface area contributed by atoms with Gasteiger partial charge in [-0.05, 0) is 56.5 Å². The van der Waals surface area contributed by atoms with Crippen LogP contribution >= 0.6 is 0 Å².